The van der Waals surface area contributed by atoms with Gasteiger partial charge in [0.15, 0.2) is 0 Å². The van der Waals surface area contributed by atoms with Crippen molar-refractivity contribution < 1.29 is 4.79 Å². The van der Waals surface area contributed by atoms with Crippen LogP contribution in [0.5, 0.6) is 0 Å². The van der Waals surface area contributed by atoms with Crippen LogP contribution in [0.15, 0.2) is 24.4 Å². The molecule has 1 saturated heterocycles. The number of nitrogens with one attached hydrogen (secondary N) is 1. The van der Waals surface area contributed by atoms with Crippen LogP contribution in [0.4, 0.5) is 10.5 Å². The molecule has 94 valence electrons. The van der Waals surface area contributed by atoms with Gasteiger partial charge in [-0.05, 0) is 24.6 Å². The molecule has 1 aliphatic rings. The van der Waals surface area contributed by atoms with Gasteiger partial charge >= 0.3 is 6.03 Å². The summed E-state index contributed by atoms with van der Waals surface area (Å²) in [5, 5.41) is 7.99. The Morgan fingerprint density at radius 3 is 3.11 bits per heavy atom. The van der Waals surface area contributed by atoms with E-state index in [1.54, 1.807) is 6.20 Å². The molecule has 1 aromatic carbocycles. The monoisotopic (exact) mass is 244 g/mol. The molecular weight excluding hydrogens is 228 g/mol. The molecule has 2 amide bonds. The van der Waals surface area contributed by atoms with E-state index in [0.29, 0.717) is 0 Å². The van der Waals surface area contributed by atoms with Gasteiger partial charge in [-0.15, -0.1) is 0 Å². The maximum Gasteiger partial charge on any atom is 0.324 e. The number of amides is 2. The van der Waals surface area contributed by atoms with Crippen LogP contribution in [-0.4, -0.2) is 40.8 Å². The maximum absolute atomic E-state index is 12.2. The Bertz CT molecular complexity index is 577. The average molecular weight is 244 g/mol. The van der Waals surface area contributed by atoms with Crippen LogP contribution in [0, 0.1) is 0 Å². The van der Waals surface area contributed by atoms with E-state index in [2.05, 4.69) is 17.1 Å². The van der Waals surface area contributed by atoms with E-state index in [1.165, 1.54) is 0 Å². The predicted octanol–water partition coefficient (Wildman–Crippen LogP) is 2.21. The summed E-state index contributed by atoms with van der Waals surface area (Å²) in [5.74, 6) is 0. The second-order valence-electron chi connectivity index (χ2n) is 4.56. The highest BCUT2D eigenvalue weighted by Gasteiger charge is 2.28. The minimum Gasteiger partial charge on any atom is -0.323 e. The van der Waals surface area contributed by atoms with Crippen molar-refractivity contribution in [2.45, 2.75) is 13.3 Å². The third-order valence-electron chi connectivity index (χ3n) is 3.33. The highest BCUT2D eigenvalue weighted by Crippen LogP contribution is 2.24. The van der Waals surface area contributed by atoms with Crippen molar-refractivity contribution in [3.05, 3.63) is 24.4 Å². The van der Waals surface area contributed by atoms with Crippen molar-refractivity contribution in [2.24, 2.45) is 0 Å². The van der Waals surface area contributed by atoms with Gasteiger partial charge in [0.1, 0.15) is 0 Å². The third-order valence-corrected chi connectivity index (χ3v) is 3.33. The molecule has 0 saturated carbocycles. The summed E-state index contributed by atoms with van der Waals surface area (Å²) >= 11 is 0. The van der Waals surface area contributed by atoms with Gasteiger partial charge in [-0.1, -0.05) is 6.92 Å². The normalized spacial score (nSPS) is 15.9. The number of hydrogen-bond acceptors (Lipinski definition) is 2. The molecule has 2 heterocycles. The molecule has 5 heteroatoms. The molecule has 0 radical (unpaired) electrons. The fraction of sp³-hybridized carbons (Fsp3) is 0.385. The van der Waals surface area contributed by atoms with Gasteiger partial charge in [0.05, 0.1) is 11.7 Å². The van der Waals surface area contributed by atoms with Crippen molar-refractivity contribution >= 4 is 22.6 Å². The molecule has 1 N–H and O–H groups in total. The predicted molar refractivity (Wildman–Crippen MR) is 70.7 cm³/mol. The molecule has 3 rings (SSSR count). The van der Waals surface area contributed by atoms with Crippen molar-refractivity contribution in [1.82, 2.24) is 15.1 Å². The second kappa shape index (κ2) is 4.33. The zero-order valence-corrected chi connectivity index (χ0v) is 10.4. The highest BCUT2D eigenvalue weighted by molar-refractivity contribution is 5.96. The zero-order chi connectivity index (χ0) is 12.5. The Morgan fingerprint density at radius 1 is 1.39 bits per heavy atom. The fourth-order valence-electron chi connectivity index (χ4n) is 2.39. The molecule has 1 aliphatic heterocycles. The number of hydrogen-bond donors (Lipinski definition) is 1. The summed E-state index contributed by atoms with van der Waals surface area (Å²) in [6, 6.07) is 6.06. The number of nitrogens with zero attached hydrogens (tertiary/aromatic N) is 3. The van der Waals surface area contributed by atoms with Crippen LogP contribution in [0.3, 0.4) is 0 Å². The van der Waals surface area contributed by atoms with E-state index in [-0.39, 0.29) is 6.03 Å². The van der Waals surface area contributed by atoms with Crippen molar-refractivity contribution in [3.63, 3.8) is 0 Å². The highest BCUT2D eigenvalue weighted by atomic mass is 16.2. The quantitative estimate of drug-likeness (QED) is 0.900. The van der Waals surface area contributed by atoms with Crippen LogP contribution < -0.4 is 4.90 Å². The molecule has 0 bridgehead atoms. The lowest BCUT2D eigenvalue weighted by molar-refractivity contribution is 0.221. The lowest BCUT2D eigenvalue weighted by atomic mass is 10.2. The van der Waals surface area contributed by atoms with Gasteiger partial charge in [0.2, 0.25) is 0 Å². The Labute approximate surface area is 105 Å². The number of H-pyrrole nitrogens is 1. The molecule has 1 fully saturated rings. The SMILES string of the molecule is CCCN1CCN(c2ccc3cn[nH]c3c2)C1=O. The lowest BCUT2D eigenvalue weighted by Gasteiger charge is -2.18. The molecule has 1 aromatic heterocycles. The van der Waals surface area contributed by atoms with Crippen LogP contribution in [-0.2, 0) is 0 Å². The molecule has 0 aliphatic carbocycles. The van der Waals surface area contributed by atoms with Crippen molar-refractivity contribution in [1.29, 1.82) is 0 Å². The Balaban J connectivity index is 1.88. The Hall–Kier alpha value is -2.04. The number of urea groups is 1. The lowest BCUT2D eigenvalue weighted by Crippen LogP contribution is -2.32. The number of carbonyl (C=O) groups is 1. The number of benzene rings is 1. The Morgan fingerprint density at radius 2 is 2.28 bits per heavy atom. The summed E-state index contributed by atoms with van der Waals surface area (Å²) in [6.07, 6.45) is 2.79. The van der Waals surface area contributed by atoms with E-state index in [1.807, 2.05) is 28.0 Å². The molecule has 5 nitrogen and oxygen atoms in total. The first-order valence-corrected chi connectivity index (χ1v) is 6.29. The third kappa shape index (κ3) is 1.72. The molecular formula is C13H16N4O. The minimum atomic E-state index is 0.107. The molecule has 0 unspecified atom stereocenters. The van der Waals surface area contributed by atoms with Gasteiger partial charge in [-0.3, -0.25) is 10.00 Å². The van der Waals surface area contributed by atoms with Gasteiger partial charge in [0.25, 0.3) is 0 Å². The van der Waals surface area contributed by atoms with E-state index < -0.39 is 0 Å². The number of anilines is 1. The van der Waals surface area contributed by atoms with E-state index in [4.69, 9.17) is 0 Å². The number of carbonyl (C=O) groups excluding carboxylic acids is 1. The maximum atomic E-state index is 12.2. The summed E-state index contributed by atoms with van der Waals surface area (Å²) < 4.78 is 0. The van der Waals surface area contributed by atoms with E-state index in [9.17, 15) is 4.79 Å². The second-order valence-corrected chi connectivity index (χ2v) is 4.56. The van der Waals surface area contributed by atoms with Crippen molar-refractivity contribution in [2.75, 3.05) is 24.5 Å². The summed E-state index contributed by atoms with van der Waals surface area (Å²) in [7, 11) is 0. The number of aromatic amines is 1. The number of rotatable bonds is 3. The summed E-state index contributed by atoms with van der Waals surface area (Å²) in [5.41, 5.74) is 1.91. The minimum absolute atomic E-state index is 0.107. The zero-order valence-electron chi connectivity index (χ0n) is 10.4. The van der Waals surface area contributed by atoms with Gasteiger partial charge in [0, 0.05) is 30.7 Å². The fourth-order valence-corrected chi connectivity index (χ4v) is 2.39. The Kier molecular flexibility index (Phi) is 2.66. The van der Waals surface area contributed by atoms with Crippen LogP contribution in [0.2, 0.25) is 0 Å². The van der Waals surface area contributed by atoms with Crippen LogP contribution in [0.1, 0.15) is 13.3 Å². The number of fused-ring (bicyclic) bond motifs is 1. The molecule has 2 aromatic rings. The van der Waals surface area contributed by atoms with Crippen LogP contribution >= 0.6 is 0 Å². The molecule has 0 atom stereocenters. The number of aromatic nitrogens is 2. The van der Waals surface area contributed by atoms with Gasteiger partial charge < -0.3 is 4.90 Å². The van der Waals surface area contributed by atoms with E-state index >= 15 is 0 Å². The first-order chi connectivity index (χ1) is 8.79. The largest absolute Gasteiger partial charge is 0.324 e. The van der Waals surface area contributed by atoms with E-state index in [0.717, 1.165) is 42.6 Å². The average Bonchev–Trinajstić information content (AvgIpc) is 2.97. The van der Waals surface area contributed by atoms with Gasteiger partial charge in [-0.2, -0.15) is 5.10 Å². The first kappa shape index (κ1) is 11.1. The van der Waals surface area contributed by atoms with Gasteiger partial charge in [-0.25, -0.2) is 4.79 Å². The molecule has 18 heavy (non-hydrogen) atoms. The topological polar surface area (TPSA) is 52.2 Å². The summed E-state index contributed by atoms with van der Waals surface area (Å²) in [4.78, 5) is 15.9. The van der Waals surface area contributed by atoms with Crippen LogP contribution in [0.25, 0.3) is 10.9 Å². The molecule has 0 spiro atoms. The smallest absolute Gasteiger partial charge is 0.323 e. The van der Waals surface area contributed by atoms with Crippen molar-refractivity contribution in [3.8, 4) is 0 Å². The summed E-state index contributed by atoms with van der Waals surface area (Å²) in [6.45, 7) is 4.50. The standard InChI is InChI=1S/C13H16N4O/c1-2-5-16-6-7-17(13(16)18)11-4-3-10-9-14-15-12(10)8-11/h3-4,8-9H,2,5-7H2,1H3,(H,14,15). The first-order valence-electron chi connectivity index (χ1n) is 6.29.